The lowest BCUT2D eigenvalue weighted by Crippen LogP contribution is -2.06. The number of carbonyl (C=O) groups is 2. The van der Waals surface area contributed by atoms with Crippen LogP contribution in [0.15, 0.2) is 24.3 Å². The van der Waals surface area contributed by atoms with E-state index in [0.717, 1.165) is 0 Å². The average molecular weight is 224 g/mol. The SMILES string of the molecule is CCSC(=O)c1ccccc1OC(C)=O. The number of hydrogen-bond donors (Lipinski definition) is 0. The zero-order valence-electron chi connectivity index (χ0n) is 8.65. The Morgan fingerprint density at radius 3 is 2.60 bits per heavy atom. The van der Waals surface area contributed by atoms with Crippen molar-refractivity contribution in [2.24, 2.45) is 0 Å². The van der Waals surface area contributed by atoms with E-state index in [1.54, 1.807) is 24.3 Å². The molecular formula is C11H12O3S. The zero-order valence-corrected chi connectivity index (χ0v) is 9.47. The first kappa shape index (κ1) is 11.8. The maximum Gasteiger partial charge on any atom is 0.308 e. The number of para-hydroxylation sites is 1. The lowest BCUT2D eigenvalue weighted by Gasteiger charge is -2.06. The van der Waals surface area contributed by atoms with Crippen molar-refractivity contribution in [1.82, 2.24) is 0 Å². The van der Waals surface area contributed by atoms with Gasteiger partial charge in [-0.05, 0) is 17.9 Å². The van der Waals surface area contributed by atoms with Crippen LogP contribution in [0.25, 0.3) is 0 Å². The molecule has 0 fully saturated rings. The van der Waals surface area contributed by atoms with Crippen molar-refractivity contribution in [3.05, 3.63) is 29.8 Å². The van der Waals surface area contributed by atoms with E-state index in [2.05, 4.69) is 0 Å². The van der Waals surface area contributed by atoms with Crippen LogP contribution in [0, 0.1) is 0 Å². The highest BCUT2D eigenvalue weighted by Gasteiger charge is 2.12. The molecule has 0 heterocycles. The Hall–Kier alpha value is -1.29. The van der Waals surface area contributed by atoms with Crippen molar-refractivity contribution in [3.8, 4) is 5.75 Å². The Labute approximate surface area is 92.8 Å². The van der Waals surface area contributed by atoms with E-state index in [1.165, 1.54) is 18.7 Å². The van der Waals surface area contributed by atoms with Crippen molar-refractivity contribution < 1.29 is 14.3 Å². The van der Waals surface area contributed by atoms with Gasteiger partial charge >= 0.3 is 5.97 Å². The van der Waals surface area contributed by atoms with Gasteiger partial charge in [-0.2, -0.15) is 0 Å². The molecule has 0 amide bonds. The number of benzene rings is 1. The quantitative estimate of drug-likeness (QED) is 0.584. The van der Waals surface area contributed by atoms with Gasteiger partial charge in [-0.15, -0.1) is 0 Å². The summed E-state index contributed by atoms with van der Waals surface area (Å²) in [6.07, 6.45) is 0. The van der Waals surface area contributed by atoms with Gasteiger partial charge < -0.3 is 4.74 Å². The van der Waals surface area contributed by atoms with Gasteiger partial charge in [0.25, 0.3) is 0 Å². The van der Waals surface area contributed by atoms with Crippen molar-refractivity contribution in [1.29, 1.82) is 0 Å². The summed E-state index contributed by atoms with van der Waals surface area (Å²) < 4.78 is 4.94. The lowest BCUT2D eigenvalue weighted by molar-refractivity contribution is -0.131. The Balaban J connectivity index is 2.95. The first-order chi connectivity index (χ1) is 7.15. The van der Waals surface area contributed by atoms with Crippen LogP contribution in [0.2, 0.25) is 0 Å². The molecule has 1 aromatic carbocycles. The molecule has 1 rings (SSSR count). The van der Waals surface area contributed by atoms with E-state index in [0.29, 0.717) is 17.1 Å². The number of hydrogen-bond acceptors (Lipinski definition) is 4. The summed E-state index contributed by atoms with van der Waals surface area (Å²) in [5.74, 6) is 0.612. The van der Waals surface area contributed by atoms with Crippen molar-refractivity contribution in [2.45, 2.75) is 13.8 Å². The highest BCUT2D eigenvalue weighted by atomic mass is 32.2. The minimum Gasteiger partial charge on any atom is -0.426 e. The maximum atomic E-state index is 11.6. The third kappa shape index (κ3) is 3.40. The van der Waals surface area contributed by atoms with Crippen LogP contribution in [-0.4, -0.2) is 16.8 Å². The van der Waals surface area contributed by atoms with Crippen molar-refractivity contribution in [3.63, 3.8) is 0 Å². The fourth-order valence-electron chi connectivity index (χ4n) is 1.09. The molecule has 3 nitrogen and oxygen atoms in total. The van der Waals surface area contributed by atoms with E-state index in [4.69, 9.17) is 4.74 Å². The molecule has 15 heavy (non-hydrogen) atoms. The van der Waals surface area contributed by atoms with Gasteiger partial charge in [0.1, 0.15) is 5.75 Å². The third-order valence-electron chi connectivity index (χ3n) is 1.64. The summed E-state index contributed by atoms with van der Waals surface area (Å²) in [7, 11) is 0. The highest BCUT2D eigenvalue weighted by Crippen LogP contribution is 2.23. The molecule has 0 N–H and O–H groups in total. The first-order valence-electron chi connectivity index (χ1n) is 4.59. The normalized spacial score (nSPS) is 9.73. The standard InChI is InChI=1S/C11H12O3S/c1-3-15-11(13)9-6-4-5-7-10(9)14-8(2)12/h4-7H,3H2,1-2H3. The van der Waals surface area contributed by atoms with Gasteiger partial charge in [0.15, 0.2) is 0 Å². The number of ether oxygens (including phenoxy) is 1. The predicted octanol–water partition coefficient (Wildman–Crippen LogP) is 2.51. The fourth-order valence-corrected chi connectivity index (χ4v) is 1.67. The Kier molecular flexibility index (Phi) is 4.37. The molecule has 0 saturated carbocycles. The summed E-state index contributed by atoms with van der Waals surface area (Å²) >= 11 is 1.20. The molecule has 0 aliphatic carbocycles. The lowest BCUT2D eigenvalue weighted by atomic mass is 10.2. The Morgan fingerprint density at radius 1 is 1.33 bits per heavy atom. The van der Waals surface area contributed by atoms with E-state index >= 15 is 0 Å². The van der Waals surface area contributed by atoms with Crippen LogP contribution >= 0.6 is 11.8 Å². The van der Waals surface area contributed by atoms with E-state index in [1.807, 2.05) is 6.92 Å². The molecular weight excluding hydrogens is 212 g/mol. The molecule has 0 aliphatic rings. The highest BCUT2D eigenvalue weighted by molar-refractivity contribution is 8.14. The Morgan fingerprint density at radius 2 is 2.00 bits per heavy atom. The van der Waals surface area contributed by atoms with Crippen LogP contribution in [-0.2, 0) is 4.79 Å². The largest absolute Gasteiger partial charge is 0.426 e. The van der Waals surface area contributed by atoms with E-state index < -0.39 is 5.97 Å². The third-order valence-corrected chi connectivity index (χ3v) is 2.41. The summed E-state index contributed by atoms with van der Waals surface area (Å²) in [5, 5.41) is -0.0747. The first-order valence-corrected chi connectivity index (χ1v) is 5.58. The van der Waals surface area contributed by atoms with Crippen LogP contribution in [0.3, 0.4) is 0 Å². The molecule has 4 heteroatoms. The van der Waals surface area contributed by atoms with E-state index in [-0.39, 0.29) is 5.12 Å². The van der Waals surface area contributed by atoms with Gasteiger partial charge in [0, 0.05) is 6.92 Å². The summed E-state index contributed by atoms with van der Waals surface area (Å²) in [5.41, 5.74) is 0.444. The number of carbonyl (C=O) groups excluding carboxylic acids is 2. The summed E-state index contributed by atoms with van der Waals surface area (Å²) in [6, 6.07) is 6.75. The molecule has 80 valence electrons. The molecule has 0 saturated heterocycles. The molecule has 0 atom stereocenters. The molecule has 0 aromatic heterocycles. The second-order valence-corrected chi connectivity index (χ2v) is 4.05. The van der Waals surface area contributed by atoms with Crippen molar-refractivity contribution in [2.75, 3.05) is 5.75 Å². The van der Waals surface area contributed by atoms with Gasteiger partial charge in [-0.1, -0.05) is 30.8 Å². The molecule has 0 radical (unpaired) electrons. The van der Waals surface area contributed by atoms with Crippen LogP contribution in [0.1, 0.15) is 24.2 Å². The molecule has 0 bridgehead atoms. The van der Waals surface area contributed by atoms with Crippen LogP contribution < -0.4 is 4.74 Å². The number of rotatable bonds is 3. The second kappa shape index (κ2) is 5.56. The van der Waals surface area contributed by atoms with Gasteiger partial charge in [-0.25, -0.2) is 0 Å². The van der Waals surface area contributed by atoms with Crippen LogP contribution in [0.5, 0.6) is 5.75 Å². The van der Waals surface area contributed by atoms with Gasteiger partial charge in [-0.3, -0.25) is 9.59 Å². The van der Waals surface area contributed by atoms with Gasteiger partial charge in [0.2, 0.25) is 5.12 Å². The topological polar surface area (TPSA) is 43.4 Å². The second-order valence-electron chi connectivity index (χ2n) is 2.81. The molecule has 0 unspecified atom stereocenters. The zero-order chi connectivity index (χ0) is 11.3. The van der Waals surface area contributed by atoms with Crippen LogP contribution in [0.4, 0.5) is 0 Å². The number of thioether (sulfide) groups is 1. The van der Waals surface area contributed by atoms with E-state index in [9.17, 15) is 9.59 Å². The van der Waals surface area contributed by atoms with Gasteiger partial charge in [0.05, 0.1) is 5.56 Å². The maximum absolute atomic E-state index is 11.6. The monoisotopic (exact) mass is 224 g/mol. The minimum atomic E-state index is -0.420. The predicted molar refractivity (Wildman–Crippen MR) is 60.2 cm³/mol. The Bertz CT molecular complexity index is 374. The smallest absolute Gasteiger partial charge is 0.308 e. The minimum absolute atomic E-state index is 0.0747. The fraction of sp³-hybridized carbons (Fsp3) is 0.273. The summed E-state index contributed by atoms with van der Waals surface area (Å²) in [6.45, 7) is 3.21. The average Bonchev–Trinajstić information content (AvgIpc) is 2.18. The molecule has 0 aliphatic heterocycles. The van der Waals surface area contributed by atoms with Crippen molar-refractivity contribution >= 4 is 22.8 Å². The molecule has 0 spiro atoms. The summed E-state index contributed by atoms with van der Waals surface area (Å²) in [4.78, 5) is 22.4. The number of esters is 1. The molecule has 1 aromatic rings.